The number of aromatic amines is 4. The molecule has 21 nitrogen and oxygen atoms in total. The van der Waals surface area contributed by atoms with Crippen LogP contribution in [-0.2, 0) is 54.5 Å². The van der Waals surface area contributed by atoms with Crippen LogP contribution >= 0.6 is 0 Å². The molecule has 0 spiro atoms. The number of hydrogen-bond acceptors (Lipinski definition) is 11. The Balaban J connectivity index is 1.24. The van der Waals surface area contributed by atoms with Crippen LogP contribution in [0.25, 0.3) is 0 Å². The Hall–Kier alpha value is -6.38. The maximum Gasteiger partial charge on any atom is 0.326 e. The number of nitrogens with zero attached hydrogens (tertiary/aromatic N) is 5. The van der Waals surface area contributed by atoms with E-state index in [0.29, 0.717) is 42.2 Å². The fourth-order valence-corrected chi connectivity index (χ4v) is 5.90. The number of imidazole rings is 4. The molecule has 21 heteroatoms. The maximum absolute atomic E-state index is 13.7. The lowest BCUT2D eigenvalue weighted by molar-refractivity contribution is -0.142. The number of rotatable bonds is 18. The first-order chi connectivity index (χ1) is 25.5. The molecule has 53 heavy (non-hydrogen) atoms. The molecule has 6 atom stereocenters. The Morgan fingerprint density at radius 3 is 1.66 bits per heavy atom. The van der Waals surface area contributed by atoms with E-state index in [1.54, 1.807) is 12.4 Å². The second-order valence-electron chi connectivity index (χ2n) is 12.6. The molecule has 5 rings (SSSR count). The lowest BCUT2D eigenvalue weighted by Gasteiger charge is -2.28. The van der Waals surface area contributed by atoms with Crippen LogP contribution in [-0.4, -0.2) is 128 Å². The van der Waals surface area contributed by atoms with E-state index in [1.807, 2.05) is 0 Å². The van der Waals surface area contributed by atoms with Gasteiger partial charge in [-0.3, -0.25) is 24.0 Å². The summed E-state index contributed by atoms with van der Waals surface area (Å²) in [5.74, 6) is -4.60. The molecular weight excluding hydrogens is 692 g/mol. The maximum atomic E-state index is 13.7. The Kier molecular flexibility index (Phi) is 12.7. The highest BCUT2D eigenvalue weighted by molar-refractivity contribution is 5.96. The van der Waals surface area contributed by atoms with Crippen molar-refractivity contribution in [3.05, 3.63) is 72.9 Å². The molecule has 1 aliphatic heterocycles. The van der Waals surface area contributed by atoms with Gasteiger partial charge in [-0.2, -0.15) is 0 Å². The van der Waals surface area contributed by atoms with Crippen LogP contribution < -0.4 is 27.0 Å². The van der Waals surface area contributed by atoms with Crippen molar-refractivity contribution in [3.8, 4) is 0 Å². The minimum Gasteiger partial charge on any atom is -0.480 e. The number of carbonyl (C=O) groups excluding carboxylic acids is 5. The average Bonchev–Trinajstić information content (AvgIpc) is 3.98. The van der Waals surface area contributed by atoms with Gasteiger partial charge in [0.15, 0.2) is 0 Å². The molecule has 0 aliphatic carbocycles. The summed E-state index contributed by atoms with van der Waals surface area (Å²) in [5, 5.41) is 20.1. The number of H-pyrrole nitrogens is 4. The third-order valence-electron chi connectivity index (χ3n) is 8.68. The van der Waals surface area contributed by atoms with Crippen molar-refractivity contribution in [2.75, 3.05) is 6.54 Å². The number of hydrogen-bond donors (Lipinski definition) is 10. The second-order valence-corrected chi connectivity index (χ2v) is 12.6. The predicted octanol–water partition coefficient (Wildman–Crippen LogP) is -2.79. The molecule has 4 aromatic rings. The number of aliphatic carboxylic acids is 1. The molecule has 0 unspecified atom stereocenters. The molecule has 1 aliphatic rings. The summed E-state index contributed by atoms with van der Waals surface area (Å²) in [6, 6.07) is -6.88. The van der Waals surface area contributed by atoms with E-state index in [1.165, 1.54) is 49.5 Å². The third kappa shape index (κ3) is 10.3. The zero-order chi connectivity index (χ0) is 37.9. The van der Waals surface area contributed by atoms with Gasteiger partial charge in [0.05, 0.1) is 54.1 Å². The fourth-order valence-electron chi connectivity index (χ4n) is 5.90. The molecule has 0 aromatic carbocycles. The van der Waals surface area contributed by atoms with Crippen molar-refractivity contribution in [3.63, 3.8) is 0 Å². The number of carboxylic acid groups (broad SMARTS) is 1. The van der Waals surface area contributed by atoms with Crippen LogP contribution in [0.2, 0.25) is 0 Å². The van der Waals surface area contributed by atoms with Crippen LogP contribution in [0.15, 0.2) is 50.1 Å². The van der Waals surface area contributed by atoms with Gasteiger partial charge in [-0.15, -0.1) is 0 Å². The largest absolute Gasteiger partial charge is 0.480 e. The fraction of sp³-hybridized carbons (Fsp3) is 0.438. The van der Waals surface area contributed by atoms with Gasteiger partial charge in [0.25, 0.3) is 0 Å². The van der Waals surface area contributed by atoms with Crippen molar-refractivity contribution >= 4 is 35.5 Å². The van der Waals surface area contributed by atoms with Gasteiger partial charge < -0.3 is 56.9 Å². The number of nitrogens with one attached hydrogen (secondary N) is 8. The van der Waals surface area contributed by atoms with Gasteiger partial charge in [-0.1, -0.05) is 0 Å². The highest BCUT2D eigenvalue weighted by atomic mass is 16.4. The second kappa shape index (κ2) is 17.7. The summed E-state index contributed by atoms with van der Waals surface area (Å²) in [6.07, 6.45) is 12.7. The molecule has 11 N–H and O–H groups in total. The van der Waals surface area contributed by atoms with E-state index in [0.717, 1.165) is 0 Å². The van der Waals surface area contributed by atoms with Crippen LogP contribution in [0, 0.1) is 0 Å². The Labute approximate surface area is 302 Å². The Bertz CT molecular complexity index is 1810. The average molecular weight is 735 g/mol. The van der Waals surface area contributed by atoms with Crippen molar-refractivity contribution in [1.29, 1.82) is 0 Å². The highest BCUT2D eigenvalue weighted by Gasteiger charge is 2.38. The van der Waals surface area contributed by atoms with E-state index < -0.39 is 71.8 Å². The summed E-state index contributed by atoms with van der Waals surface area (Å²) < 4.78 is 0. The Morgan fingerprint density at radius 2 is 1.17 bits per heavy atom. The third-order valence-corrected chi connectivity index (χ3v) is 8.68. The molecule has 1 saturated heterocycles. The number of carboxylic acids is 1. The Morgan fingerprint density at radius 1 is 0.717 bits per heavy atom. The number of aromatic nitrogens is 8. The smallest absolute Gasteiger partial charge is 0.326 e. The van der Waals surface area contributed by atoms with Gasteiger partial charge in [0.2, 0.25) is 29.5 Å². The first-order valence-electron chi connectivity index (χ1n) is 16.9. The molecular formula is C32H42N14O7. The van der Waals surface area contributed by atoms with Gasteiger partial charge in [-0.05, 0) is 19.8 Å². The molecule has 0 saturated carbocycles. The van der Waals surface area contributed by atoms with Crippen molar-refractivity contribution in [2.24, 2.45) is 5.73 Å². The summed E-state index contributed by atoms with van der Waals surface area (Å²) >= 11 is 0. The molecule has 0 radical (unpaired) electrons. The molecule has 4 aromatic heterocycles. The van der Waals surface area contributed by atoms with E-state index >= 15 is 0 Å². The summed E-state index contributed by atoms with van der Waals surface area (Å²) in [6.45, 7) is 1.70. The van der Waals surface area contributed by atoms with Crippen molar-refractivity contribution in [2.45, 2.75) is 81.7 Å². The molecule has 1 fully saturated rings. The molecule has 0 bridgehead atoms. The quantitative estimate of drug-likeness (QED) is 0.0496. The zero-order valence-electron chi connectivity index (χ0n) is 28.7. The number of carbonyl (C=O) groups is 6. The van der Waals surface area contributed by atoms with Crippen LogP contribution in [0.1, 0.15) is 42.5 Å². The number of likely N-dealkylation sites (tertiary alicyclic amines) is 1. The SMILES string of the molecule is C[C@H](NC(=O)[C@H](Cc1c[nH]cn1)NC(=O)[C@@H]1CCCN1C(=O)[C@@H](N)Cc1c[nH]cn1)C(=O)N[C@@H](Cc1c[nH]cn1)C(=O)N[C@@H](Cc1c[nH]cn1)C(=O)O. The molecule has 282 valence electrons. The topological polar surface area (TPSA) is 315 Å². The monoisotopic (exact) mass is 734 g/mol. The van der Waals surface area contributed by atoms with E-state index in [-0.39, 0.29) is 25.7 Å². The van der Waals surface area contributed by atoms with Crippen LogP contribution in [0.5, 0.6) is 0 Å². The van der Waals surface area contributed by atoms with Gasteiger partial charge in [0, 0.05) is 57.0 Å². The van der Waals surface area contributed by atoms with Crippen LogP contribution in [0.3, 0.4) is 0 Å². The van der Waals surface area contributed by atoms with Crippen molar-refractivity contribution < 1.29 is 33.9 Å². The van der Waals surface area contributed by atoms with Crippen molar-refractivity contribution in [1.82, 2.24) is 66.0 Å². The molecule has 5 heterocycles. The summed E-state index contributed by atoms with van der Waals surface area (Å²) in [7, 11) is 0. The normalized spacial score (nSPS) is 16.9. The van der Waals surface area contributed by atoms with Crippen LogP contribution in [0.4, 0.5) is 0 Å². The molecule has 5 amide bonds. The van der Waals surface area contributed by atoms with Gasteiger partial charge in [0.1, 0.15) is 30.2 Å². The van der Waals surface area contributed by atoms with Gasteiger partial charge >= 0.3 is 5.97 Å². The van der Waals surface area contributed by atoms with E-state index in [9.17, 15) is 33.9 Å². The lowest BCUT2D eigenvalue weighted by Crippen LogP contribution is -2.59. The first kappa shape index (κ1) is 37.9. The number of nitrogens with two attached hydrogens (primary N) is 1. The first-order valence-corrected chi connectivity index (χ1v) is 16.9. The minimum atomic E-state index is -1.36. The summed E-state index contributed by atoms with van der Waals surface area (Å²) in [4.78, 5) is 108. The summed E-state index contributed by atoms with van der Waals surface area (Å²) in [5.41, 5.74) is 8.03. The zero-order valence-corrected chi connectivity index (χ0v) is 28.7. The standard InChI is InChI=1S/C32H42N14O7/c1-17(27(47)43-24(7-20-11-36-15-40-20)29(49)45-25(32(52)53)8-21-12-37-16-41-21)42-28(48)23(6-19-10-35-14-39-19)44-30(50)26-3-2-4-46(26)31(51)22(33)5-18-9-34-13-38-18/h9-17,22-26H,2-8,33H2,1H3,(H,34,38)(H,35,39)(H,36,40)(H,37,41)(H,42,48)(H,43,47)(H,44,50)(H,45,49)(H,52,53)/t17-,22-,23-,24-,25-,26-/m0/s1. The number of amides is 5. The van der Waals surface area contributed by atoms with E-state index in [2.05, 4.69) is 61.1 Å². The minimum absolute atomic E-state index is 0.0501. The highest BCUT2D eigenvalue weighted by Crippen LogP contribution is 2.19. The van der Waals surface area contributed by atoms with E-state index in [4.69, 9.17) is 5.73 Å². The lowest BCUT2D eigenvalue weighted by atomic mass is 10.1. The predicted molar refractivity (Wildman–Crippen MR) is 183 cm³/mol. The van der Waals surface area contributed by atoms with Gasteiger partial charge in [-0.25, -0.2) is 24.7 Å².